The lowest BCUT2D eigenvalue weighted by Gasteiger charge is -2.13. The highest BCUT2D eigenvalue weighted by Gasteiger charge is 2.04. The van der Waals surface area contributed by atoms with Crippen molar-refractivity contribution in [3.63, 3.8) is 0 Å². The summed E-state index contributed by atoms with van der Waals surface area (Å²) in [6.45, 7) is 6.82. The number of carbonyl (C=O) groups excluding carboxylic acids is 1. The lowest BCUT2D eigenvalue weighted by Crippen LogP contribution is -2.42. The van der Waals surface area contributed by atoms with E-state index in [0.717, 1.165) is 25.3 Å². The number of benzene rings is 1. The van der Waals surface area contributed by atoms with Crippen LogP contribution in [0.4, 0.5) is 0 Å². The Morgan fingerprint density at radius 3 is 2.43 bits per heavy atom. The Kier molecular flexibility index (Phi) is 11.9. The number of guanidine groups is 1. The van der Waals surface area contributed by atoms with Crippen LogP contribution in [0.25, 0.3) is 0 Å². The van der Waals surface area contributed by atoms with E-state index >= 15 is 0 Å². The van der Waals surface area contributed by atoms with E-state index in [9.17, 15) is 4.79 Å². The molecule has 1 aromatic carbocycles. The molecule has 152 valence electrons. The molecule has 0 atom stereocenters. The Labute approximate surface area is 184 Å². The van der Waals surface area contributed by atoms with Crippen molar-refractivity contribution in [3.05, 3.63) is 65.5 Å². The van der Waals surface area contributed by atoms with Gasteiger partial charge in [-0.05, 0) is 31.0 Å². The summed E-state index contributed by atoms with van der Waals surface area (Å²) < 4.78 is 0. The Morgan fingerprint density at radius 1 is 1.04 bits per heavy atom. The van der Waals surface area contributed by atoms with Gasteiger partial charge in [-0.25, -0.2) is 4.99 Å². The van der Waals surface area contributed by atoms with E-state index in [1.54, 1.807) is 24.5 Å². The first-order valence-electron chi connectivity index (χ1n) is 9.45. The standard InChI is InChI=1S/C21H29N5O.HI/c1-3-4-12-24-21(26-15-18-9-7-17(2)8-10-18)25-14-13-23-20(27)19-6-5-11-22-16-19;/h5-11,16H,3-4,12-15H2,1-2H3,(H,23,27)(H2,24,25,26);1H. The van der Waals surface area contributed by atoms with Crippen LogP contribution < -0.4 is 16.0 Å². The third-order valence-electron chi connectivity index (χ3n) is 3.99. The molecule has 0 spiro atoms. The molecular formula is C21H30IN5O. The van der Waals surface area contributed by atoms with Gasteiger partial charge in [-0.15, -0.1) is 24.0 Å². The van der Waals surface area contributed by atoms with Gasteiger partial charge in [0.25, 0.3) is 5.91 Å². The molecule has 0 saturated carbocycles. The summed E-state index contributed by atoms with van der Waals surface area (Å²) in [6, 6.07) is 11.9. The van der Waals surface area contributed by atoms with Crippen molar-refractivity contribution in [1.29, 1.82) is 0 Å². The maximum absolute atomic E-state index is 12.0. The molecule has 6 nitrogen and oxygen atoms in total. The molecule has 0 saturated heterocycles. The number of aryl methyl sites for hydroxylation is 1. The first-order valence-corrected chi connectivity index (χ1v) is 9.45. The average molecular weight is 495 g/mol. The molecule has 0 unspecified atom stereocenters. The second-order valence-corrected chi connectivity index (χ2v) is 6.36. The van der Waals surface area contributed by atoms with Gasteiger partial charge in [0.1, 0.15) is 0 Å². The highest BCUT2D eigenvalue weighted by Crippen LogP contribution is 2.04. The van der Waals surface area contributed by atoms with Crippen LogP contribution in [-0.2, 0) is 6.54 Å². The molecule has 1 amide bonds. The van der Waals surface area contributed by atoms with Crippen LogP contribution in [0, 0.1) is 6.92 Å². The fraction of sp³-hybridized carbons (Fsp3) is 0.381. The highest BCUT2D eigenvalue weighted by molar-refractivity contribution is 14.0. The molecule has 28 heavy (non-hydrogen) atoms. The molecule has 0 aliphatic rings. The summed E-state index contributed by atoms with van der Waals surface area (Å²) in [5.74, 6) is 0.640. The van der Waals surface area contributed by atoms with Gasteiger partial charge in [0.05, 0.1) is 12.1 Å². The summed E-state index contributed by atoms with van der Waals surface area (Å²) in [5, 5.41) is 9.49. The molecule has 0 radical (unpaired) electrons. The molecule has 1 heterocycles. The quantitative estimate of drug-likeness (QED) is 0.216. The number of nitrogens with one attached hydrogen (secondary N) is 3. The Balaban J connectivity index is 0.00000392. The van der Waals surface area contributed by atoms with Crippen LogP contribution in [-0.4, -0.2) is 36.5 Å². The minimum absolute atomic E-state index is 0. The smallest absolute Gasteiger partial charge is 0.252 e. The van der Waals surface area contributed by atoms with Crippen LogP contribution in [0.3, 0.4) is 0 Å². The van der Waals surface area contributed by atoms with E-state index in [0.29, 0.717) is 25.2 Å². The fourth-order valence-corrected chi connectivity index (χ4v) is 2.38. The maximum Gasteiger partial charge on any atom is 0.252 e. The SMILES string of the molecule is CCCCNC(=NCc1ccc(C)cc1)NCCNC(=O)c1cccnc1.I. The third kappa shape index (κ3) is 9.16. The topological polar surface area (TPSA) is 78.4 Å². The van der Waals surface area contributed by atoms with Gasteiger partial charge in [0, 0.05) is 32.0 Å². The van der Waals surface area contributed by atoms with Crippen LogP contribution in [0.1, 0.15) is 41.3 Å². The van der Waals surface area contributed by atoms with Crippen molar-refractivity contribution in [2.75, 3.05) is 19.6 Å². The van der Waals surface area contributed by atoms with E-state index in [1.165, 1.54) is 11.1 Å². The number of unbranched alkanes of at least 4 members (excludes halogenated alkanes) is 1. The van der Waals surface area contributed by atoms with Crippen molar-refractivity contribution >= 4 is 35.8 Å². The monoisotopic (exact) mass is 495 g/mol. The summed E-state index contributed by atoms with van der Waals surface area (Å²) in [4.78, 5) is 20.6. The zero-order valence-corrected chi connectivity index (χ0v) is 18.9. The summed E-state index contributed by atoms with van der Waals surface area (Å²) in [6.07, 6.45) is 5.42. The van der Waals surface area contributed by atoms with E-state index in [-0.39, 0.29) is 29.9 Å². The largest absolute Gasteiger partial charge is 0.356 e. The second kappa shape index (κ2) is 13.9. The summed E-state index contributed by atoms with van der Waals surface area (Å²) >= 11 is 0. The van der Waals surface area contributed by atoms with E-state index in [1.807, 2.05) is 0 Å². The molecule has 3 N–H and O–H groups in total. The van der Waals surface area contributed by atoms with Crippen molar-refractivity contribution in [2.45, 2.75) is 33.2 Å². The molecule has 0 aliphatic carbocycles. The van der Waals surface area contributed by atoms with Crippen molar-refractivity contribution in [3.8, 4) is 0 Å². The van der Waals surface area contributed by atoms with Crippen LogP contribution in [0.2, 0.25) is 0 Å². The number of amides is 1. The molecule has 1 aromatic heterocycles. The fourth-order valence-electron chi connectivity index (χ4n) is 2.38. The first-order chi connectivity index (χ1) is 13.2. The zero-order valence-electron chi connectivity index (χ0n) is 16.6. The van der Waals surface area contributed by atoms with Crippen molar-refractivity contribution in [2.24, 2.45) is 4.99 Å². The molecular weight excluding hydrogens is 465 g/mol. The maximum atomic E-state index is 12.0. The summed E-state index contributed by atoms with van der Waals surface area (Å²) in [7, 11) is 0. The Morgan fingerprint density at radius 2 is 1.75 bits per heavy atom. The molecule has 7 heteroatoms. The average Bonchev–Trinajstić information content (AvgIpc) is 2.70. The number of nitrogens with zero attached hydrogens (tertiary/aromatic N) is 2. The molecule has 2 rings (SSSR count). The zero-order chi connectivity index (χ0) is 19.3. The number of hydrogen-bond donors (Lipinski definition) is 3. The predicted octanol–water partition coefficient (Wildman–Crippen LogP) is 3.27. The molecule has 0 aliphatic heterocycles. The minimum atomic E-state index is -0.123. The van der Waals surface area contributed by atoms with Gasteiger partial charge >= 0.3 is 0 Å². The first kappa shape index (κ1) is 23.9. The second-order valence-electron chi connectivity index (χ2n) is 6.36. The third-order valence-corrected chi connectivity index (χ3v) is 3.99. The normalized spacial score (nSPS) is 10.7. The lowest BCUT2D eigenvalue weighted by molar-refractivity contribution is 0.0954. The molecule has 0 bridgehead atoms. The molecule has 0 fully saturated rings. The van der Waals surface area contributed by atoms with Crippen molar-refractivity contribution < 1.29 is 4.79 Å². The van der Waals surface area contributed by atoms with Crippen LogP contribution in [0.15, 0.2) is 53.8 Å². The summed E-state index contributed by atoms with van der Waals surface area (Å²) in [5.41, 5.74) is 2.97. The van der Waals surface area contributed by atoms with E-state index in [2.05, 4.69) is 64.0 Å². The number of aliphatic imine (C=N–C) groups is 1. The number of rotatable bonds is 9. The predicted molar refractivity (Wildman–Crippen MR) is 125 cm³/mol. The highest BCUT2D eigenvalue weighted by atomic mass is 127. The van der Waals surface area contributed by atoms with E-state index < -0.39 is 0 Å². The van der Waals surface area contributed by atoms with Gasteiger partial charge in [-0.1, -0.05) is 43.2 Å². The number of hydrogen-bond acceptors (Lipinski definition) is 3. The van der Waals surface area contributed by atoms with Gasteiger partial charge in [-0.2, -0.15) is 0 Å². The number of halogens is 1. The van der Waals surface area contributed by atoms with Crippen LogP contribution in [0.5, 0.6) is 0 Å². The van der Waals surface area contributed by atoms with Gasteiger partial charge in [0.15, 0.2) is 5.96 Å². The number of pyridine rings is 1. The number of aromatic nitrogens is 1. The van der Waals surface area contributed by atoms with Crippen LogP contribution >= 0.6 is 24.0 Å². The lowest BCUT2D eigenvalue weighted by atomic mass is 10.1. The Hall–Kier alpha value is -2.16. The van der Waals surface area contributed by atoms with Gasteiger partial charge < -0.3 is 16.0 Å². The van der Waals surface area contributed by atoms with E-state index in [4.69, 9.17) is 0 Å². The Bertz CT molecular complexity index is 719. The minimum Gasteiger partial charge on any atom is -0.356 e. The van der Waals surface area contributed by atoms with Gasteiger partial charge in [-0.3, -0.25) is 9.78 Å². The number of carbonyl (C=O) groups is 1. The van der Waals surface area contributed by atoms with Gasteiger partial charge in [0.2, 0.25) is 0 Å². The molecule has 2 aromatic rings. The van der Waals surface area contributed by atoms with Crippen molar-refractivity contribution in [1.82, 2.24) is 20.9 Å².